The smallest absolute Gasteiger partial charge is 0.254 e. The Morgan fingerprint density at radius 1 is 0.925 bits per heavy atom. The third-order valence-electron chi connectivity index (χ3n) is 8.07. The average Bonchev–Trinajstić information content (AvgIpc) is 3.58. The zero-order valence-electron chi connectivity index (χ0n) is 23.7. The summed E-state index contributed by atoms with van der Waals surface area (Å²) < 4.78 is 40.8. The topological polar surface area (TPSA) is 76.1 Å². The van der Waals surface area contributed by atoms with E-state index in [4.69, 9.17) is 9.47 Å². The van der Waals surface area contributed by atoms with Crippen molar-refractivity contribution in [2.75, 3.05) is 26.7 Å². The Labute approximate surface area is 237 Å². The number of hydrogen-bond acceptors (Lipinski definition) is 5. The van der Waals surface area contributed by atoms with Gasteiger partial charge in [0.05, 0.1) is 24.9 Å². The number of ether oxygens (including phenoxy) is 2. The van der Waals surface area contributed by atoms with Crippen LogP contribution in [-0.2, 0) is 20.5 Å². The predicted octanol–water partition coefficient (Wildman–Crippen LogP) is 5.20. The molecule has 212 valence electrons. The molecule has 2 heterocycles. The number of aryl methyl sites for hydroxylation is 3. The monoisotopic (exact) mass is 562 g/mol. The first-order valence-electron chi connectivity index (χ1n) is 13.9. The fourth-order valence-electron chi connectivity index (χ4n) is 5.91. The predicted molar refractivity (Wildman–Crippen MR) is 156 cm³/mol. The second kappa shape index (κ2) is 11.7. The number of likely N-dealkylation sites (tertiary alicyclic amines) is 1. The maximum atomic E-state index is 13.6. The van der Waals surface area contributed by atoms with Gasteiger partial charge in [0.1, 0.15) is 18.0 Å². The van der Waals surface area contributed by atoms with Crippen molar-refractivity contribution in [2.24, 2.45) is 0 Å². The number of rotatable bonds is 8. The molecule has 0 saturated carbocycles. The fourth-order valence-corrected chi connectivity index (χ4v) is 7.69. The number of benzene rings is 3. The van der Waals surface area contributed by atoms with Gasteiger partial charge in [0.2, 0.25) is 10.0 Å². The minimum Gasteiger partial charge on any atom is -0.486 e. The van der Waals surface area contributed by atoms with E-state index < -0.39 is 10.0 Å². The molecule has 3 aromatic rings. The SMILES string of the molecule is CO[C@@H]1CN(C(=O)c2cc(C)ccc2C)C[C@H]1Oc1cccc(CS(=O)(=O)N2CCCC2c2ccccc2C)c1. The maximum absolute atomic E-state index is 13.6. The second-order valence-corrected chi connectivity index (χ2v) is 12.9. The van der Waals surface area contributed by atoms with E-state index in [9.17, 15) is 13.2 Å². The lowest BCUT2D eigenvalue weighted by Crippen LogP contribution is -2.32. The van der Waals surface area contributed by atoms with Crippen molar-refractivity contribution in [3.63, 3.8) is 0 Å². The molecule has 5 rings (SSSR count). The Morgan fingerprint density at radius 2 is 1.70 bits per heavy atom. The van der Waals surface area contributed by atoms with Crippen molar-refractivity contribution in [1.82, 2.24) is 9.21 Å². The molecular weight excluding hydrogens is 524 g/mol. The van der Waals surface area contributed by atoms with Gasteiger partial charge < -0.3 is 14.4 Å². The molecule has 2 saturated heterocycles. The van der Waals surface area contributed by atoms with E-state index in [1.54, 1.807) is 22.4 Å². The Bertz CT molecular complexity index is 1490. The molecule has 2 aliphatic rings. The number of carbonyl (C=O) groups is 1. The summed E-state index contributed by atoms with van der Waals surface area (Å²) in [6.45, 7) is 7.29. The van der Waals surface area contributed by atoms with Gasteiger partial charge in [-0.2, -0.15) is 4.31 Å². The zero-order chi connectivity index (χ0) is 28.4. The van der Waals surface area contributed by atoms with Crippen LogP contribution in [0.1, 0.15) is 57.1 Å². The summed E-state index contributed by atoms with van der Waals surface area (Å²) in [6, 6.07) is 21.0. The molecule has 1 unspecified atom stereocenters. The van der Waals surface area contributed by atoms with E-state index in [0.29, 0.717) is 36.5 Å². The van der Waals surface area contributed by atoms with Gasteiger partial charge in [0.25, 0.3) is 5.91 Å². The average molecular weight is 563 g/mol. The van der Waals surface area contributed by atoms with Crippen LogP contribution in [0.25, 0.3) is 0 Å². The summed E-state index contributed by atoms with van der Waals surface area (Å²) in [4.78, 5) is 15.1. The van der Waals surface area contributed by atoms with Crippen molar-refractivity contribution in [1.29, 1.82) is 0 Å². The number of nitrogens with zero attached hydrogens (tertiary/aromatic N) is 2. The standard InChI is InChI=1S/C32H38N2O5S/c1-22-14-15-24(3)28(17-22)32(35)33-19-30(38-4)31(20-33)39-26-11-7-10-25(18-26)21-40(36,37)34-16-8-13-29(34)27-12-6-5-9-23(27)2/h5-7,9-12,14-15,17-18,29-31H,8,13,16,19-21H2,1-4H3/t29?,30-,31-/m1/s1. The molecule has 0 radical (unpaired) electrons. The van der Waals surface area contributed by atoms with Gasteiger partial charge in [-0.15, -0.1) is 0 Å². The molecule has 3 atom stereocenters. The summed E-state index contributed by atoms with van der Waals surface area (Å²) in [7, 11) is -1.92. The highest BCUT2D eigenvalue weighted by molar-refractivity contribution is 7.88. The summed E-state index contributed by atoms with van der Waals surface area (Å²) in [5, 5.41) is 0. The Balaban J connectivity index is 1.29. The molecule has 0 spiro atoms. The molecule has 2 aliphatic heterocycles. The van der Waals surface area contributed by atoms with Gasteiger partial charge in [-0.05, 0) is 74.1 Å². The van der Waals surface area contributed by atoms with Crippen molar-refractivity contribution in [3.8, 4) is 5.75 Å². The van der Waals surface area contributed by atoms with Gasteiger partial charge in [-0.25, -0.2) is 8.42 Å². The lowest BCUT2D eigenvalue weighted by atomic mass is 10.0. The number of methoxy groups -OCH3 is 1. The number of amides is 1. The quantitative estimate of drug-likeness (QED) is 0.377. The zero-order valence-corrected chi connectivity index (χ0v) is 24.5. The summed E-state index contributed by atoms with van der Waals surface area (Å²) in [5.41, 5.74) is 5.52. The van der Waals surface area contributed by atoms with Gasteiger partial charge >= 0.3 is 0 Å². The van der Waals surface area contributed by atoms with E-state index in [0.717, 1.165) is 35.1 Å². The first-order valence-corrected chi connectivity index (χ1v) is 15.5. The van der Waals surface area contributed by atoms with E-state index in [2.05, 4.69) is 0 Å². The number of carbonyl (C=O) groups excluding carboxylic acids is 1. The van der Waals surface area contributed by atoms with Gasteiger partial charge in [0.15, 0.2) is 0 Å². The van der Waals surface area contributed by atoms with Crippen LogP contribution in [0.4, 0.5) is 0 Å². The summed E-state index contributed by atoms with van der Waals surface area (Å²) in [5.74, 6) is 0.433. The molecule has 40 heavy (non-hydrogen) atoms. The van der Waals surface area contributed by atoms with Crippen LogP contribution < -0.4 is 4.74 Å². The van der Waals surface area contributed by atoms with Gasteiger partial charge in [-0.1, -0.05) is 54.1 Å². The van der Waals surface area contributed by atoms with E-state index in [1.807, 2.05) is 81.4 Å². The molecule has 0 aliphatic carbocycles. The van der Waals surface area contributed by atoms with Crippen molar-refractivity contribution in [2.45, 2.75) is 57.6 Å². The largest absolute Gasteiger partial charge is 0.486 e. The molecule has 7 nitrogen and oxygen atoms in total. The molecule has 2 fully saturated rings. The highest BCUT2D eigenvalue weighted by Crippen LogP contribution is 2.37. The van der Waals surface area contributed by atoms with Crippen LogP contribution in [-0.4, -0.2) is 62.5 Å². The van der Waals surface area contributed by atoms with Crippen LogP contribution in [0.5, 0.6) is 5.75 Å². The Morgan fingerprint density at radius 3 is 2.48 bits per heavy atom. The minimum absolute atomic E-state index is 0.0389. The van der Waals surface area contributed by atoms with Gasteiger partial charge in [0, 0.05) is 19.2 Å². The lowest BCUT2D eigenvalue weighted by Gasteiger charge is -2.26. The Kier molecular flexibility index (Phi) is 8.31. The van der Waals surface area contributed by atoms with Crippen molar-refractivity contribution < 1.29 is 22.7 Å². The van der Waals surface area contributed by atoms with Gasteiger partial charge in [-0.3, -0.25) is 4.79 Å². The minimum atomic E-state index is -3.54. The van der Waals surface area contributed by atoms with Crippen LogP contribution in [0, 0.1) is 20.8 Å². The fraction of sp³-hybridized carbons (Fsp3) is 0.406. The Hall–Kier alpha value is -3.20. The summed E-state index contributed by atoms with van der Waals surface area (Å²) >= 11 is 0. The molecule has 0 bridgehead atoms. The third-order valence-corrected chi connectivity index (χ3v) is 9.92. The first-order chi connectivity index (χ1) is 19.2. The molecule has 8 heteroatoms. The second-order valence-electron chi connectivity index (χ2n) is 11.0. The van der Waals surface area contributed by atoms with Crippen LogP contribution in [0.3, 0.4) is 0 Å². The molecule has 1 amide bonds. The maximum Gasteiger partial charge on any atom is 0.254 e. The van der Waals surface area contributed by atoms with Crippen LogP contribution in [0.15, 0.2) is 66.7 Å². The summed E-state index contributed by atoms with van der Waals surface area (Å²) in [6.07, 6.45) is 1.01. The van der Waals surface area contributed by atoms with E-state index >= 15 is 0 Å². The number of sulfonamides is 1. The highest BCUT2D eigenvalue weighted by Gasteiger charge is 2.38. The van der Waals surface area contributed by atoms with Crippen molar-refractivity contribution >= 4 is 15.9 Å². The lowest BCUT2D eigenvalue weighted by molar-refractivity contribution is 0.0339. The molecule has 3 aromatic carbocycles. The number of hydrogen-bond donors (Lipinski definition) is 0. The van der Waals surface area contributed by atoms with Crippen LogP contribution >= 0.6 is 0 Å². The van der Waals surface area contributed by atoms with E-state index in [1.165, 1.54) is 0 Å². The molecular formula is C32H38N2O5S. The van der Waals surface area contributed by atoms with Crippen LogP contribution in [0.2, 0.25) is 0 Å². The van der Waals surface area contributed by atoms with E-state index in [-0.39, 0.29) is 29.9 Å². The normalized spacial score (nSPS) is 21.6. The van der Waals surface area contributed by atoms with Crippen molar-refractivity contribution in [3.05, 3.63) is 100 Å². The highest BCUT2D eigenvalue weighted by atomic mass is 32.2. The third kappa shape index (κ3) is 5.94. The molecule has 0 aromatic heterocycles. The first kappa shape index (κ1) is 28.3. The molecule has 0 N–H and O–H groups in total.